The van der Waals surface area contributed by atoms with Crippen molar-refractivity contribution >= 4 is 8.60 Å². The zero-order valence-electron chi connectivity index (χ0n) is 20.0. The minimum absolute atomic E-state index is 0.211. The minimum Gasteiger partial charge on any atom is -0.309 e. The summed E-state index contributed by atoms with van der Waals surface area (Å²) in [5.74, 6) is 0. The maximum atomic E-state index is 6.25. The Labute approximate surface area is 178 Å². The Hall–Kier alpha value is 0.310. The van der Waals surface area contributed by atoms with Crippen molar-refractivity contribution < 1.29 is 13.6 Å². The summed E-state index contributed by atoms with van der Waals surface area (Å²) in [6.45, 7) is 13.3. The molecule has 0 aromatic rings. The molecule has 0 saturated heterocycles. The first-order valence-corrected chi connectivity index (χ1v) is 13.4. The van der Waals surface area contributed by atoms with Gasteiger partial charge < -0.3 is 13.6 Å². The lowest BCUT2D eigenvalue weighted by Crippen LogP contribution is -2.15. The van der Waals surface area contributed by atoms with Crippen LogP contribution >= 0.6 is 8.60 Å². The fraction of sp³-hybridized carbons (Fsp3) is 1.00. The third kappa shape index (κ3) is 18.3. The Bertz CT molecular complexity index is 267. The zero-order valence-corrected chi connectivity index (χ0v) is 20.9. The Balaban J connectivity index is 4.38. The molecule has 0 aromatic carbocycles. The van der Waals surface area contributed by atoms with Gasteiger partial charge in [-0.05, 0) is 40.0 Å². The van der Waals surface area contributed by atoms with Gasteiger partial charge in [0.1, 0.15) is 0 Å². The third-order valence-electron chi connectivity index (χ3n) is 5.19. The van der Waals surface area contributed by atoms with E-state index in [1.165, 1.54) is 77.0 Å². The summed E-state index contributed by atoms with van der Waals surface area (Å²) in [4.78, 5) is 0. The van der Waals surface area contributed by atoms with Crippen LogP contribution < -0.4 is 0 Å². The quantitative estimate of drug-likeness (QED) is 0.137. The molecule has 0 radical (unpaired) electrons. The Morgan fingerprint density at radius 3 is 1.00 bits per heavy atom. The molecule has 0 amide bonds. The molecule has 0 bridgehead atoms. The molecule has 0 saturated carbocycles. The van der Waals surface area contributed by atoms with Gasteiger partial charge in [-0.25, -0.2) is 0 Å². The van der Waals surface area contributed by atoms with E-state index in [-0.39, 0.29) is 18.3 Å². The van der Waals surface area contributed by atoms with E-state index >= 15 is 0 Å². The summed E-state index contributed by atoms with van der Waals surface area (Å²) in [6.07, 6.45) is 19.3. The van der Waals surface area contributed by atoms with Gasteiger partial charge in [-0.1, -0.05) is 97.8 Å². The van der Waals surface area contributed by atoms with Crippen molar-refractivity contribution in [3.63, 3.8) is 0 Å². The highest BCUT2D eigenvalue weighted by Gasteiger charge is 2.22. The molecular weight excluding hydrogens is 367 g/mol. The van der Waals surface area contributed by atoms with Crippen LogP contribution in [-0.2, 0) is 13.6 Å². The summed E-state index contributed by atoms with van der Waals surface area (Å²) >= 11 is 0. The number of rotatable bonds is 21. The monoisotopic (exact) mass is 418 g/mol. The highest BCUT2D eigenvalue weighted by molar-refractivity contribution is 7.41. The van der Waals surface area contributed by atoms with Crippen LogP contribution in [-0.4, -0.2) is 18.3 Å². The Morgan fingerprint density at radius 1 is 0.464 bits per heavy atom. The molecule has 0 aromatic heterocycles. The first-order valence-electron chi connectivity index (χ1n) is 12.3. The largest absolute Gasteiger partial charge is 0.333 e. The van der Waals surface area contributed by atoms with E-state index in [4.69, 9.17) is 13.6 Å². The van der Waals surface area contributed by atoms with Crippen molar-refractivity contribution in [3.05, 3.63) is 0 Å². The standard InChI is InChI=1S/C24H51O3P/c1-7-10-13-16-19-22(4)25-28(26-23(5)20-17-14-11-8-2)27-24(6)21-18-15-12-9-3/h22-24H,7-21H2,1-6H3/t22-,23-,24-/m0/s1. The smallest absolute Gasteiger partial charge is 0.309 e. The van der Waals surface area contributed by atoms with Gasteiger partial charge in [0.2, 0.25) is 0 Å². The molecule has 170 valence electrons. The Morgan fingerprint density at radius 2 is 0.750 bits per heavy atom. The van der Waals surface area contributed by atoms with Gasteiger partial charge in [-0.3, -0.25) is 0 Å². The fourth-order valence-electron chi connectivity index (χ4n) is 3.25. The molecule has 0 aliphatic heterocycles. The molecule has 0 unspecified atom stereocenters. The molecule has 0 rings (SSSR count). The normalized spacial score (nSPS) is 15.1. The molecule has 3 atom stereocenters. The molecule has 4 heteroatoms. The molecule has 28 heavy (non-hydrogen) atoms. The summed E-state index contributed by atoms with van der Waals surface area (Å²) in [5.41, 5.74) is 0. The van der Waals surface area contributed by atoms with Crippen LogP contribution in [0.25, 0.3) is 0 Å². The number of hydrogen-bond acceptors (Lipinski definition) is 3. The van der Waals surface area contributed by atoms with Crippen LogP contribution in [0.5, 0.6) is 0 Å². The van der Waals surface area contributed by atoms with Crippen LogP contribution in [0, 0.1) is 0 Å². The van der Waals surface area contributed by atoms with E-state index in [2.05, 4.69) is 41.5 Å². The van der Waals surface area contributed by atoms with Crippen molar-refractivity contribution in [1.29, 1.82) is 0 Å². The average Bonchev–Trinajstić information content (AvgIpc) is 2.66. The number of unbranched alkanes of at least 4 members (excludes halogenated alkanes) is 9. The van der Waals surface area contributed by atoms with Crippen LogP contribution in [0.3, 0.4) is 0 Å². The van der Waals surface area contributed by atoms with E-state index < -0.39 is 8.60 Å². The second-order valence-corrected chi connectivity index (χ2v) is 9.60. The molecule has 0 heterocycles. The summed E-state index contributed by atoms with van der Waals surface area (Å²) in [5, 5.41) is 0. The summed E-state index contributed by atoms with van der Waals surface area (Å²) in [7, 11) is -1.25. The van der Waals surface area contributed by atoms with Crippen molar-refractivity contribution in [2.75, 3.05) is 0 Å². The average molecular weight is 419 g/mol. The predicted molar refractivity (Wildman–Crippen MR) is 125 cm³/mol. The predicted octanol–water partition coefficient (Wildman–Crippen LogP) is 9.34. The second kappa shape index (κ2) is 20.6. The topological polar surface area (TPSA) is 27.7 Å². The third-order valence-corrected chi connectivity index (χ3v) is 6.79. The highest BCUT2D eigenvalue weighted by atomic mass is 31.2. The van der Waals surface area contributed by atoms with E-state index in [1.807, 2.05) is 0 Å². The summed E-state index contributed by atoms with van der Waals surface area (Å²) in [6, 6.07) is 0. The lowest BCUT2D eigenvalue weighted by molar-refractivity contribution is 0.0703. The molecule has 0 aliphatic carbocycles. The number of hydrogen-bond donors (Lipinski definition) is 0. The van der Waals surface area contributed by atoms with Crippen molar-refractivity contribution in [3.8, 4) is 0 Å². The maximum absolute atomic E-state index is 6.25. The van der Waals surface area contributed by atoms with Crippen LogP contribution in [0.2, 0.25) is 0 Å². The summed E-state index contributed by atoms with van der Waals surface area (Å²) < 4.78 is 18.7. The first-order chi connectivity index (χ1) is 13.5. The van der Waals surface area contributed by atoms with E-state index in [9.17, 15) is 0 Å². The van der Waals surface area contributed by atoms with Crippen molar-refractivity contribution in [2.24, 2.45) is 0 Å². The van der Waals surface area contributed by atoms with Crippen LogP contribution in [0.4, 0.5) is 0 Å². The van der Waals surface area contributed by atoms with Crippen molar-refractivity contribution in [2.45, 2.75) is 156 Å². The zero-order chi connectivity index (χ0) is 21.0. The lowest BCUT2D eigenvalue weighted by atomic mass is 10.1. The van der Waals surface area contributed by atoms with Crippen LogP contribution in [0.1, 0.15) is 138 Å². The van der Waals surface area contributed by atoms with Crippen molar-refractivity contribution in [1.82, 2.24) is 0 Å². The van der Waals surface area contributed by atoms with Gasteiger partial charge in [-0.15, -0.1) is 0 Å². The van der Waals surface area contributed by atoms with Gasteiger partial charge in [0, 0.05) is 0 Å². The first kappa shape index (κ1) is 28.3. The lowest BCUT2D eigenvalue weighted by Gasteiger charge is -2.26. The van der Waals surface area contributed by atoms with Gasteiger partial charge in [0.15, 0.2) is 0 Å². The van der Waals surface area contributed by atoms with Gasteiger partial charge >= 0.3 is 8.60 Å². The van der Waals surface area contributed by atoms with Gasteiger partial charge in [0.05, 0.1) is 18.3 Å². The maximum Gasteiger partial charge on any atom is 0.333 e. The van der Waals surface area contributed by atoms with E-state index in [0.717, 1.165) is 19.3 Å². The van der Waals surface area contributed by atoms with E-state index in [0.29, 0.717) is 0 Å². The highest BCUT2D eigenvalue weighted by Crippen LogP contribution is 2.45. The molecule has 0 aliphatic rings. The Kier molecular flexibility index (Phi) is 20.8. The molecule has 0 fully saturated rings. The van der Waals surface area contributed by atoms with Crippen LogP contribution in [0.15, 0.2) is 0 Å². The minimum atomic E-state index is -1.25. The molecule has 0 N–H and O–H groups in total. The fourth-order valence-corrected chi connectivity index (χ4v) is 4.60. The van der Waals surface area contributed by atoms with Gasteiger partial charge in [-0.2, -0.15) is 0 Å². The molecular formula is C24H51O3P. The molecule has 3 nitrogen and oxygen atoms in total. The van der Waals surface area contributed by atoms with E-state index in [1.54, 1.807) is 0 Å². The van der Waals surface area contributed by atoms with Gasteiger partial charge in [0.25, 0.3) is 0 Å². The second-order valence-electron chi connectivity index (χ2n) is 8.52. The SMILES string of the molecule is CCCCCC[C@H](C)OP(O[C@@H](C)CCCCCC)O[C@@H](C)CCCCCC. The molecule has 0 spiro atoms.